The van der Waals surface area contributed by atoms with Crippen molar-refractivity contribution in [2.45, 2.75) is 12.1 Å². The molecule has 0 saturated carbocycles. The van der Waals surface area contributed by atoms with Crippen LogP contribution in [0.5, 0.6) is 0 Å². The van der Waals surface area contributed by atoms with Crippen LogP contribution in [0, 0.1) is 0 Å². The van der Waals surface area contributed by atoms with Gasteiger partial charge < -0.3 is 4.40 Å². The summed E-state index contributed by atoms with van der Waals surface area (Å²) in [6.45, 7) is 0. The summed E-state index contributed by atoms with van der Waals surface area (Å²) in [5.41, 5.74) is 0.920. The van der Waals surface area contributed by atoms with E-state index >= 15 is 0 Å². The lowest BCUT2D eigenvalue weighted by molar-refractivity contribution is -0.137. The topological polar surface area (TPSA) is 30.2 Å². The maximum Gasteiger partial charge on any atom is 0.417 e. The molecule has 0 aliphatic rings. The van der Waals surface area contributed by atoms with E-state index in [4.69, 9.17) is 23.2 Å². The van der Waals surface area contributed by atoms with Gasteiger partial charge in [0.25, 0.3) is 0 Å². The van der Waals surface area contributed by atoms with Gasteiger partial charge in [-0.3, -0.25) is 4.98 Å². The van der Waals surface area contributed by atoms with E-state index in [1.54, 1.807) is 24.5 Å². The smallest absolute Gasteiger partial charge is 0.300 e. The molecule has 0 amide bonds. The van der Waals surface area contributed by atoms with E-state index in [0.29, 0.717) is 17.0 Å². The summed E-state index contributed by atoms with van der Waals surface area (Å²) in [4.78, 5) is 8.30. The summed E-state index contributed by atoms with van der Waals surface area (Å²) < 4.78 is 40.1. The maximum atomic E-state index is 12.9. The molecule has 3 aromatic heterocycles. The van der Waals surface area contributed by atoms with E-state index in [0.717, 1.165) is 12.3 Å². The Morgan fingerprint density at radius 3 is 2.64 bits per heavy atom. The van der Waals surface area contributed by atoms with Crippen molar-refractivity contribution >= 4 is 28.8 Å². The van der Waals surface area contributed by atoms with Crippen LogP contribution >= 0.6 is 23.2 Å². The first-order chi connectivity index (χ1) is 10.4. The Morgan fingerprint density at radius 2 is 2.05 bits per heavy atom. The van der Waals surface area contributed by atoms with E-state index in [2.05, 4.69) is 9.97 Å². The highest BCUT2D eigenvalue weighted by Gasteiger charge is 2.32. The van der Waals surface area contributed by atoms with Crippen LogP contribution in [0.4, 0.5) is 13.2 Å². The molecule has 0 aliphatic carbocycles. The molecule has 0 radical (unpaired) electrons. The Bertz CT molecular complexity index is 829. The Morgan fingerprint density at radius 1 is 1.27 bits per heavy atom. The van der Waals surface area contributed by atoms with E-state index in [1.165, 1.54) is 4.40 Å². The fraction of sp³-hybridized carbons (Fsp3) is 0.143. The zero-order valence-corrected chi connectivity index (χ0v) is 12.4. The summed E-state index contributed by atoms with van der Waals surface area (Å²) in [5, 5.41) is -0.0867. The molecule has 0 bridgehead atoms. The Kier molecular flexibility index (Phi) is 3.74. The summed E-state index contributed by atoms with van der Waals surface area (Å²) in [5.74, 6) is -0.0109. The van der Waals surface area contributed by atoms with E-state index in [-0.39, 0.29) is 16.5 Å². The second-order valence-corrected chi connectivity index (χ2v) is 5.22. The molecule has 3 aromatic rings. The molecule has 3 nitrogen and oxygen atoms in total. The first-order valence-electron chi connectivity index (χ1n) is 6.16. The van der Waals surface area contributed by atoms with Gasteiger partial charge in [-0.2, -0.15) is 13.2 Å². The van der Waals surface area contributed by atoms with Gasteiger partial charge in [0.05, 0.1) is 27.9 Å². The molecule has 0 fully saturated rings. The van der Waals surface area contributed by atoms with Crippen molar-refractivity contribution in [3.05, 3.63) is 53.1 Å². The predicted molar refractivity (Wildman–Crippen MR) is 78.0 cm³/mol. The van der Waals surface area contributed by atoms with Gasteiger partial charge >= 0.3 is 6.18 Å². The number of pyridine rings is 2. The summed E-state index contributed by atoms with van der Waals surface area (Å²) >= 11 is 11.9. The normalized spacial score (nSPS) is 12.0. The number of fused-ring (bicyclic) bond motifs is 1. The van der Waals surface area contributed by atoms with Crippen LogP contribution in [0.2, 0.25) is 5.02 Å². The van der Waals surface area contributed by atoms with Crippen molar-refractivity contribution in [1.82, 2.24) is 14.4 Å². The molecule has 0 aliphatic heterocycles. The third-order valence-corrected chi connectivity index (χ3v) is 3.69. The number of imidazole rings is 1. The van der Waals surface area contributed by atoms with Crippen LogP contribution in [0.15, 0.2) is 36.8 Å². The van der Waals surface area contributed by atoms with Crippen molar-refractivity contribution in [3.8, 4) is 11.3 Å². The predicted octanol–water partition coefficient (Wildman–Crippen LogP) is 4.81. The van der Waals surface area contributed by atoms with Crippen LogP contribution in [0.1, 0.15) is 11.3 Å². The monoisotopic (exact) mass is 345 g/mol. The average Bonchev–Trinajstić information content (AvgIpc) is 2.86. The molecule has 0 spiro atoms. The highest BCUT2D eigenvalue weighted by molar-refractivity contribution is 6.33. The lowest BCUT2D eigenvalue weighted by atomic mass is 10.2. The Hall–Kier alpha value is -1.79. The van der Waals surface area contributed by atoms with E-state index in [9.17, 15) is 13.2 Å². The van der Waals surface area contributed by atoms with Gasteiger partial charge in [0.2, 0.25) is 0 Å². The number of hydrogen-bond acceptors (Lipinski definition) is 2. The molecule has 0 unspecified atom stereocenters. The minimum atomic E-state index is -4.50. The van der Waals surface area contributed by atoms with E-state index < -0.39 is 11.7 Å². The minimum Gasteiger partial charge on any atom is -0.300 e. The zero-order valence-electron chi connectivity index (χ0n) is 10.9. The van der Waals surface area contributed by atoms with Crippen molar-refractivity contribution in [2.75, 3.05) is 0 Å². The van der Waals surface area contributed by atoms with Gasteiger partial charge in [-0.1, -0.05) is 11.6 Å². The fourth-order valence-electron chi connectivity index (χ4n) is 2.17. The van der Waals surface area contributed by atoms with Gasteiger partial charge in [0.1, 0.15) is 0 Å². The van der Waals surface area contributed by atoms with Crippen LogP contribution in [0.3, 0.4) is 0 Å². The molecular formula is C14H8Cl2F3N3. The molecule has 8 heteroatoms. The number of alkyl halides is 4. The minimum absolute atomic E-state index is 0.0109. The van der Waals surface area contributed by atoms with Gasteiger partial charge in [-0.05, 0) is 18.2 Å². The number of aromatic nitrogens is 3. The van der Waals surface area contributed by atoms with Gasteiger partial charge in [-0.15, -0.1) is 11.6 Å². The molecule has 0 saturated heterocycles. The highest BCUT2D eigenvalue weighted by atomic mass is 35.5. The molecule has 0 N–H and O–H groups in total. The number of rotatable bonds is 2. The summed E-state index contributed by atoms with van der Waals surface area (Å²) in [6.07, 6.45) is -0.392. The van der Waals surface area contributed by atoms with Crippen LogP contribution in [0.25, 0.3) is 16.9 Å². The third kappa shape index (κ3) is 2.53. The van der Waals surface area contributed by atoms with Crippen molar-refractivity contribution in [2.24, 2.45) is 0 Å². The van der Waals surface area contributed by atoms with Gasteiger partial charge in [0, 0.05) is 24.2 Å². The summed E-state index contributed by atoms with van der Waals surface area (Å²) in [6, 6.07) is 4.32. The van der Waals surface area contributed by atoms with Crippen LogP contribution in [-0.2, 0) is 12.1 Å². The molecular weight excluding hydrogens is 338 g/mol. The second-order valence-electron chi connectivity index (χ2n) is 4.55. The third-order valence-electron chi connectivity index (χ3n) is 3.16. The molecule has 0 aromatic carbocycles. The van der Waals surface area contributed by atoms with Crippen molar-refractivity contribution < 1.29 is 13.2 Å². The zero-order chi connectivity index (χ0) is 15.9. The van der Waals surface area contributed by atoms with Gasteiger partial charge in [0.15, 0.2) is 5.65 Å². The highest BCUT2D eigenvalue weighted by Crippen LogP contribution is 2.35. The first kappa shape index (κ1) is 15.1. The Balaban J connectivity index is 2.31. The van der Waals surface area contributed by atoms with Crippen molar-refractivity contribution in [3.63, 3.8) is 0 Å². The summed E-state index contributed by atoms with van der Waals surface area (Å²) in [7, 11) is 0. The molecule has 3 rings (SSSR count). The standard InChI is InChI=1S/C14H8Cl2F3N3/c15-5-11-12(8-2-1-3-20-6-8)21-13-10(16)4-9(7-22(11)13)14(17,18)19/h1-4,6-7H,5H2. The van der Waals surface area contributed by atoms with Crippen molar-refractivity contribution in [1.29, 1.82) is 0 Å². The quantitative estimate of drug-likeness (QED) is 0.624. The van der Waals surface area contributed by atoms with E-state index in [1.807, 2.05) is 0 Å². The molecule has 22 heavy (non-hydrogen) atoms. The number of hydrogen-bond donors (Lipinski definition) is 0. The Labute approximate surface area is 133 Å². The lowest BCUT2D eigenvalue weighted by Gasteiger charge is -2.09. The molecule has 3 heterocycles. The van der Waals surface area contributed by atoms with Gasteiger partial charge in [-0.25, -0.2) is 4.98 Å². The van der Waals surface area contributed by atoms with Crippen LogP contribution in [-0.4, -0.2) is 14.4 Å². The number of nitrogens with zero attached hydrogens (tertiary/aromatic N) is 3. The maximum absolute atomic E-state index is 12.9. The first-order valence-corrected chi connectivity index (χ1v) is 7.07. The fourth-order valence-corrected chi connectivity index (χ4v) is 2.67. The second kappa shape index (κ2) is 5.44. The molecule has 0 atom stereocenters. The largest absolute Gasteiger partial charge is 0.417 e. The lowest BCUT2D eigenvalue weighted by Crippen LogP contribution is -2.07. The van der Waals surface area contributed by atoms with Crippen LogP contribution < -0.4 is 0 Å². The average molecular weight is 346 g/mol. The molecule has 114 valence electrons. The SMILES string of the molecule is FC(F)(F)c1cc(Cl)c2nc(-c3cccnc3)c(CCl)n2c1. The number of halogens is 5.